The molecule has 2 N–H and O–H groups in total. The molecule has 0 aliphatic heterocycles. The van der Waals surface area contributed by atoms with E-state index in [1.54, 1.807) is 0 Å². The first-order chi connectivity index (χ1) is 6.95. The number of ether oxygens (including phenoxy) is 1. The van der Waals surface area contributed by atoms with E-state index in [2.05, 4.69) is 4.74 Å². The highest BCUT2D eigenvalue weighted by Gasteiger charge is 2.42. The molecule has 0 aliphatic rings. The maximum Gasteiger partial charge on any atom is 0.501 e. The number of benzene rings is 1. The van der Waals surface area contributed by atoms with Gasteiger partial charge in [0.15, 0.2) is 0 Å². The third kappa shape index (κ3) is 2.88. The highest BCUT2D eigenvalue weighted by atomic mass is 19.3. The summed E-state index contributed by atoms with van der Waals surface area (Å²) in [6.07, 6.45) is -4.25. The molecular weight excluding hydrogens is 210 g/mol. The van der Waals surface area contributed by atoms with Gasteiger partial charge in [-0.2, -0.15) is 8.78 Å². The van der Waals surface area contributed by atoms with Gasteiger partial charge in [0.2, 0.25) is 0 Å². The standard InChI is InChI=1S/C9H8F2O4/c10-9(11,8(13)14)15-7-3-1-6(5-12)2-4-7/h1-4,12H,5H2,(H,13,14). The summed E-state index contributed by atoms with van der Waals surface area (Å²) < 4.78 is 29.0. The molecule has 1 aromatic carbocycles. The van der Waals surface area contributed by atoms with Gasteiger partial charge >= 0.3 is 12.1 Å². The third-order valence-corrected chi connectivity index (χ3v) is 1.60. The topological polar surface area (TPSA) is 66.8 Å². The van der Waals surface area contributed by atoms with Crippen LogP contribution >= 0.6 is 0 Å². The van der Waals surface area contributed by atoms with Crippen LogP contribution in [0.25, 0.3) is 0 Å². The number of hydrogen-bond donors (Lipinski definition) is 2. The molecule has 0 aliphatic carbocycles. The van der Waals surface area contributed by atoms with Crippen LogP contribution in [0, 0.1) is 0 Å². The van der Waals surface area contributed by atoms with E-state index in [9.17, 15) is 13.6 Å². The van der Waals surface area contributed by atoms with Crippen LogP contribution in [0.15, 0.2) is 24.3 Å². The van der Waals surface area contributed by atoms with Gasteiger partial charge in [-0.3, -0.25) is 0 Å². The van der Waals surface area contributed by atoms with E-state index in [1.807, 2.05) is 0 Å². The van der Waals surface area contributed by atoms with Gasteiger partial charge in [-0.25, -0.2) is 4.79 Å². The van der Waals surface area contributed by atoms with Crippen molar-refractivity contribution in [2.24, 2.45) is 0 Å². The predicted octanol–water partition coefficient (Wildman–Crippen LogP) is 1.24. The van der Waals surface area contributed by atoms with Crippen molar-refractivity contribution in [2.45, 2.75) is 12.7 Å². The van der Waals surface area contributed by atoms with E-state index in [0.29, 0.717) is 5.56 Å². The number of hydrogen-bond acceptors (Lipinski definition) is 3. The van der Waals surface area contributed by atoms with E-state index < -0.39 is 12.1 Å². The average molecular weight is 218 g/mol. The molecule has 0 amide bonds. The molecule has 0 saturated carbocycles. The van der Waals surface area contributed by atoms with Crippen LogP contribution in [-0.4, -0.2) is 22.3 Å². The number of rotatable bonds is 4. The van der Waals surface area contributed by atoms with Gasteiger partial charge in [0, 0.05) is 0 Å². The first-order valence-electron chi connectivity index (χ1n) is 3.96. The lowest BCUT2D eigenvalue weighted by atomic mass is 10.2. The van der Waals surface area contributed by atoms with Crippen molar-refractivity contribution >= 4 is 5.97 Å². The summed E-state index contributed by atoms with van der Waals surface area (Å²) >= 11 is 0. The Morgan fingerprint density at radius 3 is 2.27 bits per heavy atom. The number of carboxylic acids is 1. The number of aliphatic carboxylic acids is 1. The molecule has 0 aromatic heterocycles. The molecule has 1 aromatic rings. The highest BCUT2D eigenvalue weighted by Crippen LogP contribution is 2.22. The molecule has 1 rings (SSSR count). The summed E-state index contributed by atoms with van der Waals surface area (Å²) in [6.45, 7) is -0.227. The van der Waals surface area contributed by atoms with E-state index in [-0.39, 0.29) is 12.4 Å². The molecule has 0 fully saturated rings. The normalized spacial score (nSPS) is 11.1. The number of carbonyl (C=O) groups is 1. The second kappa shape index (κ2) is 4.22. The quantitative estimate of drug-likeness (QED) is 0.797. The first kappa shape index (κ1) is 11.4. The average Bonchev–Trinajstić information content (AvgIpc) is 2.18. The summed E-state index contributed by atoms with van der Waals surface area (Å²) in [5.41, 5.74) is 0.515. The molecule has 15 heavy (non-hydrogen) atoms. The first-order valence-corrected chi connectivity index (χ1v) is 3.96. The maximum absolute atomic E-state index is 12.5. The van der Waals surface area contributed by atoms with Gasteiger partial charge in [-0.1, -0.05) is 12.1 Å². The second-order valence-electron chi connectivity index (χ2n) is 2.73. The van der Waals surface area contributed by atoms with Crippen LogP contribution in [-0.2, 0) is 11.4 Å². The van der Waals surface area contributed by atoms with Crippen LogP contribution in [0.2, 0.25) is 0 Å². The molecule has 0 heterocycles. The van der Waals surface area contributed by atoms with Gasteiger partial charge in [0.1, 0.15) is 5.75 Å². The Morgan fingerprint density at radius 2 is 1.87 bits per heavy atom. The lowest BCUT2D eigenvalue weighted by Gasteiger charge is -2.13. The number of aliphatic hydroxyl groups excluding tert-OH is 1. The largest absolute Gasteiger partial charge is 0.501 e. The Hall–Kier alpha value is -1.69. The number of halogens is 2. The van der Waals surface area contributed by atoms with Crippen molar-refractivity contribution < 1.29 is 28.5 Å². The zero-order chi connectivity index (χ0) is 11.5. The lowest BCUT2D eigenvalue weighted by Crippen LogP contribution is -2.34. The Labute approximate surface area is 83.7 Å². The van der Waals surface area contributed by atoms with Crippen molar-refractivity contribution in [1.82, 2.24) is 0 Å². The fourth-order valence-corrected chi connectivity index (χ4v) is 0.855. The summed E-state index contributed by atoms with van der Waals surface area (Å²) in [4.78, 5) is 10.0. The van der Waals surface area contributed by atoms with Crippen molar-refractivity contribution in [2.75, 3.05) is 0 Å². The minimum Gasteiger partial charge on any atom is -0.474 e. The van der Waals surface area contributed by atoms with Crippen LogP contribution in [0.1, 0.15) is 5.56 Å². The molecule has 0 bridgehead atoms. The Kier molecular flexibility index (Phi) is 3.21. The maximum atomic E-state index is 12.5. The zero-order valence-corrected chi connectivity index (χ0v) is 7.48. The van der Waals surface area contributed by atoms with Gasteiger partial charge in [0.05, 0.1) is 6.61 Å². The highest BCUT2D eigenvalue weighted by molar-refractivity contribution is 5.73. The van der Waals surface area contributed by atoms with Crippen LogP contribution in [0.3, 0.4) is 0 Å². The number of carboxylic acid groups (broad SMARTS) is 1. The predicted molar refractivity (Wildman–Crippen MR) is 45.6 cm³/mol. The summed E-state index contributed by atoms with van der Waals surface area (Å²) in [5, 5.41) is 16.8. The lowest BCUT2D eigenvalue weighted by molar-refractivity contribution is -0.210. The minimum absolute atomic E-state index is 0.227. The summed E-state index contributed by atoms with van der Waals surface area (Å²) in [6, 6.07) is 5.02. The van der Waals surface area contributed by atoms with E-state index >= 15 is 0 Å². The molecule has 4 nitrogen and oxygen atoms in total. The fraction of sp³-hybridized carbons (Fsp3) is 0.222. The fourth-order valence-electron chi connectivity index (χ4n) is 0.855. The van der Waals surface area contributed by atoms with Crippen molar-refractivity contribution in [3.8, 4) is 5.75 Å². The smallest absolute Gasteiger partial charge is 0.474 e. The van der Waals surface area contributed by atoms with Crippen molar-refractivity contribution in [3.05, 3.63) is 29.8 Å². The van der Waals surface area contributed by atoms with E-state index in [1.165, 1.54) is 12.1 Å². The van der Waals surface area contributed by atoms with Gasteiger partial charge < -0.3 is 14.9 Å². The summed E-state index contributed by atoms with van der Waals surface area (Å²) in [7, 11) is 0. The van der Waals surface area contributed by atoms with Crippen LogP contribution < -0.4 is 4.74 Å². The Bertz CT molecular complexity index is 348. The third-order valence-electron chi connectivity index (χ3n) is 1.60. The van der Waals surface area contributed by atoms with Gasteiger partial charge in [0.25, 0.3) is 0 Å². The molecule has 0 radical (unpaired) electrons. The Morgan fingerprint density at radius 1 is 1.33 bits per heavy atom. The second-order valence-corrected chi connectivity index (χ2v) is 2.73. The van der Waals surface area contributed by atoms with Crippen molar-refractivity contribution in [3.63, 3.8) is 0 Å². The molecule has 0 atom stereocenters. The minimum atomic E-state index is -4.25. The van der Waals surface area contributed by atoms with Gasteiger partial charge in [-0.15, -0.1) is 0 Å². The Balaban J connectivity index is 2.77. The number of alkyl halides is 2. The van der Waals surface area contributed by atoms with Crippen molar-refractivity contribution in [1.29, 1.82) is 0 Å². The number of aliphatic hydroxyl groups is 1. The zero-order valence-electron chi connectivity index (χ0n) is 7.48. The SMILES string of the molecule is O=C(O)C(F)(F)Oc1ccc(CO)cc1. The monoisotopic (exact) mass is 218 g/mol. The summed E-state index contributed by atoms with van der Waals surface area (Å²) in [5.74, 6) is -2.63. The van der Waals surface area contributed by atoms with E-state index in [0.717, 1.165) is 12.1 Å². The van der Waals surface area contributed by atoms with Crippen LogP contribution in [0.5, 0.6) is 5.75 Å². The molecule has 0 spiro atoms. The van der Waals surface area contributed by atoms with Gasteiger partial charge in [-0.05, 0) is 17.7 Å². The molecule has 6 heteroatoms. The van der Waals surface area contributed by atoms with Crippen LogP contribution in [0.4, 0.5) is 8.78 Å². The molecule has 82 valence electrons. The molecule has 0 unspecified atom stereocenters. The molecular formula is C9H8F2O4. The molecule has 0 saturated heterocycles. The van der Waals surface area contributed by atoms with E-state index in [4.69, 9.17) is 10.2 Å².